The standard InChI is InChI=1S/C7H6BNO/c1-5(10)6-2-3-9-7(8)4-6/h2-4H,1H3. The summed E-state index contributed by atoms with van der Waals surface area (Å²) in [6.07, 6.45) is 1.52. The van der Waals surface area contributed by atoms with E-state index in [1.54, 1.807) is 12.1 Å². The van der Waals surface area contributed by atoms with Crippen molar-refractivity contribution < 1.29 is 4.79 Å². The number of ketones is 1. The second kappa shape index (κ2) is 2.65. The molecule has 0 spiro atoms. The predicted molar refractivity (Wildman–Crippen MR) is 39.6 cm³/mol. The molecular weight excluding hydrogens is 125 g/mol. The van der Waals surface area contributed by atoms with E-state index in [9.17, 15) is 4.79 Å². The van der Waals surface area contributed by atoms with Gasteiger partial charge in [0.05, 0.1) is 0 Å². The topological polar surface area (TPSA) is 30.0 Å². The van der Waals surface area contributed by atoms with Gasteiger partial charge in [-0.3, -0.25) is 9.78 Å². The molecule has 2 radical (unpaired) electrons. The summed E-state index contributed by atoms with van der Waals surface area (Å²) in [7, 11) is 5.33. The normalized spacial score (nSPS) is 9.30. The molecule has 0 bridgehead atoms. The van der Waals surface area contributed by atoms with E-state index in [4.69, 9.17) is 7.85 Å². The molecule has 0 aromatic carbocycles. The molecule has 0 atom stereocenters. The molecule has 0 aliphatic carbocycles. The summed E-state index contributed by atoms with van der Waals surface area (Å²) in [5.74, 6) is 0.00843. The molecule has 1 aromatic heterocycles. The van der Waals surface area contributed by atoms with Crippen LogP contribution in [0.4, 0.5) is 0 Å². The molecule has 0 unspecified atom stereocenters. The first-order valence-electron chi connectivity index (χ1n) is 2.92. The second-order valence-electron chi connectivity index (χ2n) is 2.03. The second-order valence-corrected chi connectivity index (χ2v) is 2.03. The number of aromatic nitrogens is 1. The fourth-order valence-electron chi connectivity index (χ4n) is 0.667. The van der Waals surface area contributed by atoms with Crippen LogP contribution in [0.2, 0.25) is 0 Å². The van der Waals surface area contributed by atoms with Gasteiger partial charge < -0.3 is 0 Å². The minimum Gasteiger partial charge on any atom is -0.295 e. The Hall–Kier alpha value is -1.12. The van der Waals surface area contributed by atoms with Crippen LogP contribution in [0.25, 0.3) is 0 Å². The summed E-state index contributed by atoms with van der Waals surface area (Å²) in [4.78, 5) is 14.5. The van der Waals surface area contributed by atoms with Crippen molar-refractivity contribution in [1.29, 1.82) is 0 Å². The summed E-state index contributed by atoms with van der Waals surface area (Å²) in [6.45, 7) is 1.49. The van der Waals surface area contributed by atoms with Gasteiger partial charge in [-0.1, -0.05) is 0 Å². The fraction of sp³-hybridized carbons (Fsp3) is 0.143. The van der Waals surface area contributed by atoms with E-state index in [-0.39, 0.29) is 5.78 Å². The van der Waals surface area contributed by atoms with Crippen molar-refractivity contribution in [3.8, 4) is 0 Å². The minimum atomic E-state index is 0.00843. The van der Waals surface area contributed by atoms with E-state index >= 15 is 0 Å². The number of rotatable bonds is 1. The van der Waals surface area contributed by atoms with Crippen molar-refractivity contribution in [2.45, 2.75) is 6.92 Å². The van der Waals surface area contributed by atoms with Crippen LogP contribution < -0.4 is 5.59 Å². The van der Waals surface area contributed by atoms with Gasteiger partial charge in [0.15, 0.2) is 5.78 Å². The molecule has 0 aliphatic rings. The van der Waals surface area contributed by atoms with Crippen LogP contribution in [0.1, 0.15) is 17.3 Å². The lowest BCUT2D eigenvalue weighted by molar-refractivity contribution is 0.101. The molecule has 0 saturated carbocycles. The molecule has 48 valence electrons. The summed E-state index contributed by atoms with van der Waals surface area (Å²) >= 11 is 0. The molecule has 0 amide bonds. The molecule has 0 N–H and O–H groups in total. The minimum absolute atomic E-state index is 0.00843. The summed E-state index contributed by atoms with van der Waals surface area (Å²) in [6, 6.07) is 3.20. The van der Waals surface area contributed by atoms with Gasteiger partial charge in [0.25, 0.3) is 0 Å². The maximum atomic E-state index is 10.7. The Balaban J connectivity index is 3.07. The Bertz CT molecular complexity index is 260. The molecule has 0 saturated heterocycles. The molecule has 1 aromatic rings. The number of Topliss-reactive ketones (excluding diaryl/α,β-unsaturated/α-hetero) is 1. The summed E-state index contributed by atoms with van der Waals surface area (Å²) in [5, 5.41) is 0. The van der Waals surface area contributed by atoms with Crippen molar-refractivity contribution in [3.05, 3.63) is 23.9 Å². The number of hydrogen-bond acceptors (Lipinski definition) is 2. The van der Waals surface area contributed by atoms with Gasteiger partial charge in [-0.2, -0.15) is 0 Å². The van der Waals surface area contributed by atoms with Crippen LogP contribution in [0, 0.1) is 0 Å². The zero-order valence-electron chi connectivity index (χ0n) is 5.66. The maximum absolute atomic E-state index is 10.7. The zero-order chi connectivity index (χ0) is 7.56. The van der Waals surface area contributed by atoms with Crippen LogP contribution in [-0.4, -0.2) is 18.6 Å². The largest absolute Gasteiger partial charge is 0.295 e. The Morgan fingerprint density at radius 1 is 1.70 bits per heavy atom. The first-order chi connectivity index (χ1) is 4.70. The molecular formula is C7H6BNO. The van der Waals surface area contributed by atoms with Crippen molar-refractivity contribution in [1.82, 2.24) is 4.98 Å². The average molecular weight is 131 g/mol. The van der Waals surface area contributed by atoms with Crippen molar-refractivity contribution in [2.75, 3.05) is 0 Å². The Labute approximate surface area is 60.7 Å². The van der Waals surface area contributed by atoms with E-state index in [1.165, 1.54) is 13.1 Å². The summed E-state index contributed by atoms with van der Waals surface area (Å²) < 4.78 is 0. The van der Waals surface area contributed by atoms with Crippen molar-refractivity contribution >= 4 is 19.2 Å². The summed E-state index contributed by atoms with van der Waals surface area (Å²) in [5.41, 5.74) is 0.986. The zero-order valence-corrected chi connectivity index (χ0v) is 5.66. The van der Waals surface area contributed by atoms with Gasteiger partial charge in [-0.05, 0) is 24.6 Å². The highest BCUT2D eigenvalue weighted by Gasteiger charge is 1.96. The van der Waals surface area contributed by atoms with Gasteiger partial charge >= 0.3 is 0 Å². The smallest absolute Gasteiger partial charge is 0.159 e. The third-order valence-electron chi connectivity index (χ3n) is 1.19. The number of pyridine rings is 1. The third kappa shape index (κ3) is 1.44. The van der Waals surface area contributed by atoms with Crippen LogP contribution in [0.15, 0.2) is 18.3 Å². The van der Waals surface area contributed by atoms with Crippen LogP contribution in [0.5, 0.6) is 0 Å². The fourth-order valence-corrected chi connectivity index (χ4v) is 0.667. The van der Waals surface area contributed by atoms with Crippen LogP contribution in [0.3, 0.4) is 0 Å². The van der Waals surface area contributed by atoms with Gasteiger partial charge in [0.1, 0.15) is 7.85 Å². The molecule has 0 aliphatic heterocycles. The van der Waals surface area contributed by atoms with Crippen LogP contribution in [-0.2, 0) is 0 Å². The van der Waals surface area contributed by atoms with Gasteiger partial charge in [-0.25, -0.2) is 0 Å². The third-order valence-corrected chi connectivity index (χ3v) is 1.19. The van der Waals surface area contributed by atoms with Gasteiger partial charge in [0.2, 0.25) is 0 Å². The SMILES string of the molecule is [B]c1cc(C(C)=O)ccn1. The Morgan fingerprint density at radius 2 is 2.40 bits per heavy atom. The molecule has 10 heavy (non-hydrogen) atoms. The van der Waals surface area contributed by atoms with Gasteiger partial charge in [0, 0.05) is 11.8 Å². The molecule has 2 nitrogen and oxygen atoms in total. The lowest BCUT2D eigenvalue weighted by atomic mass is 10.0. The van der Waals surface area contributed by atoms with E-state index < -0.39 is 0 Å². The van der Waals surface area contributed by atoms with Crippen molar-refractivity contribution in [3.63, 3.8) is 0 Å². The number of carbonyl (C=O) groups is 1. The number of hydrogen-bond donors (Lipinski definition) is 0. The van der Waals surface area contributed by atoms with E-state index in [1.807, 2.05) is 0 Å². The van der Waals surface area contributed by atoms with Crippen molar-refractivity contribution in [2.24, 2.45) is 0 Å². The highest BCUT2D eigenvalue weighted by Crippen LogP contribution is 1.93. The Morgan fingerprint density at radius 3 is 2.80 bits per heavy atom. The number of carbonyl (C=O) groups excluding carboxylic acids is 1. The first kappa shape index (κ1) is 7.00. The molecule has 1 rings (SSSR count). The Kier molecular flexibility index (Phi) is 1.85. The lowest BCUT2D eigenvalue weighted by Gasteiger charge is -1.94. The monoisotopic (exact) mass is 131 g/mol. The molecule has 1 heterocycles. The van der Waals surface area contributed by atoms with E-state index in [0.717, 1.165) is 0 Å². The highest BCUT2D eigenvalue weighted by atomic mass is 16.1. The average Bonchev–Trinajstić information content (AvgIpc) is 1.88. The van der Waals surface area contributed by atoms with Crippen LogP contribution >= 0.6 is 0 Å². The number of nitrogens with zero attached hydrogens (tertiary/aromatic N) is 1. The van der Waals surface area contributed by atoms with E-state index in [2.05, 4.69) is 4.98 Å². The highest BCUT2D eigenvalue weighted by molar-refractivity contribution is 6.31. The lowest BCUT2D eigenvalue weighted by Crippen LogP contribution is -2.09. The first-order valence-corrected chi connectivity index (χ1v) is 2.92. The quantitative estimate of drug-likeness (QED) is 0.399. The predicted octanol–water partition coefficient (Wildman–Crippen LogP) is 0.0780. The maximum Gasteiger partial charge on any atom is 0.159 e. The molecule has 3 heteroatoms. The van der Waals surface area contributed by atoms with Gasteiger partial charge in [-0.15, -0.1) is 0 Å². The van der Waals surface area contributed by atoms with E-state index in [0.29, 0.717) is 11.2 Å². The molecule has 0 fully saturated rings.